The van der Waals surface area contributed by atoms with Crippen LogP contribution in [0.15, 0.2) is 0 Å². The van der Waals surface area contributed by atoms with E-state index in [-0.39, 0.29) is 46.4 Å². The van der Waals surface area contributed by atoms with E-state index >= 15 is 0 Å². The van der Waals surface area contributed by atoms with Crippen molar-refractivity contribution in [3.05, 3.63) is 0 Å². The van der Waals surface area contributed by atoms with Gasteiger partial charge in [0.05, 0.1) is 0 Å². The molecule has 13 nitrogen and oxygen atoms in total. The third kappa shape index (κ3) is 23700. The standard InChI is InChI=1S/2CH4O2.CH3O2.CH2O2.CH4O.CH4.Cu.4H2O/c4*2-1-3;1-2;;;;;;/h2*2-3H,1H2;2H,1H2;1H,(H,2,3);2H,1H3;1H4;;4*1H2/q;;-1;;;;+2;;;;/p-2. The molecule has 0 aromatic heterocycles. The van der Waals surface area contributed by atoms with Crippen LogP contribution in [0.25, 0.3) is 0 Å². The average molecular weight is 371 g/mol. The fraction of sp³-hybridized carbons (Fsp3) is 0.833. The number of hydrogen-bond acceptors (Lipinski definition) is 10. The fourth-order valence-corrected chi connectivity index (χ4v) is 0. The molecule has 0 aromatic rings. The van der Waals surface area contributed by atoms with Crippen LogP contribution < -0.4 is 10.2 Å². The molecule has 0 aromatic carbocycles. The third-order valence-electron chi connectivity index (χ3n) is 0. The molecule has 0 saturated carbocycles. The summed E-state index contributed by atoms with van der Waals surface area (Å²) in [6, 6.07) is 0. The second-order valence-corrected chi connectivity index (χ2v) is 0.508. The molecule has 0 bridgehead atoms. The van der Waals surface area contributed by atoms with Crippen molar-refractivity contribution in [2.45, 2.75) is 7.43 Å². The van der Waals surface area contributed by atoms with Gasteiger partial charge in [0.2, 0.25) is 0 Å². The SMILES string of the molecule is C.CO.O.O.O.O=C[O-].OCO.OCO.[Cu+2].[O-]CO.[OH-]. The molecular formula is C6H27CuO13-. The monoisotopic (exact) mass is 370 g/mol. The second kappa shape index (κ2) is 453. The Morgan fingerprint density at radius 1 is 0.900 bits per heavy atom. The summed E-state index contributed by atoms with van der Waals surface area (Å²) in [5.41, 5.74) is 0. The summed E-state index contributed by atoms with van der Waals surface area (Å²) in [5, 5.41) is 59.2. The number of aliphatic hydroxyl groups is 6. The van der Waals surface area contributed by atoms with Crippen molar-refractivity contribution in [3.63, 3.8) is 0 Å². The van der Waals surface area contributed by atoms with Crippen molar-refractivity contribution in [3.8, 4) is 0 Å². The number of rotatable bonds is 0. The minimum Gasteiger partial charge on any atom is -0.870 e. The molecular weight excluding hydrogens is 344 g/mol. The Balaban J connectivity index is -0.00000000526. The summed E-state index contributed by atoms with van der Waals surface area (Å²) in [6.07, 6.45) is 0. The van der Waals surface area contributed by atoms with Gasteiger partial charge in [-0.05, 0) is 6.79 Å². The number of carbonyl (C=O) groups is 1. The summed E-state index contributed by atoms with van der Waals surface area (Å²) in [4.78, 5) is 8.25. The van der Waals surface area contributed by atoms with Crippen LogP contribution in [0.4, 0.5) is 0 Å². The van der Waals surface area contributed by atoms with Gasteiger partial charge in [-0.15, -0.1) is 0 Å². The maximum absolute atomic E-state index is 8.49. The van der Waals surface area contributed by atoms with E-state index in [2.05, 4.69) is 0 Å². The molecule has 0 atom stereocenters. The average Bonchev–Trinajstić information content (AvgIpc) is 2.12. The Bertz CT molecular complexity index is 47.1. The van der Waals surface area contributed by atoms with Gasteiger partial charge >= 0.3 is 17.1 Å². The molecule has 0 aliphatic heterocycles. The van der Waals surface area contributed by atoms with Crippen LogP contribution in [-0.2, 0) is 21.9 Å². The second-order valence-electron chi connectivity index (χ2n) is 0.508. The van der Waals surface area contributed by atoms with Gasteiger partial charge in [-0.25, -0.2) is 0 Å². The summed E-state index contributed by atoms with van der Waals surface area (Å²) in [5.74, 6) is 0. The van der Waals surface area contributed by atoms with E-state index in [0.29, 0.717) is 0 Å². The maximum Gasteiger partial charge on any atom is 2.00 e. The predicted molar refractivity (Wildman–Crippen MR) is 59.4 cm³/mol. The van der Waals surface area contributed by atoms with E-state index in [9.17, 15) is 0 Å². The van der Waals surface area contributed by atoms with E-state index in [0.717, 1.165) is 7.11 Å². The molecule has 0 saturated heterocycles. The van der Waals surface area contributed by atoms with Crippen molar-refractivity contribution in [2.75, 3.05) is 27.5 Å². The Kier molecular flexibility index (Phi) is 2090. The molecule has 13 N–H and O–H groups in total. The summed E-state index contributed by atoms with van der Waals surface area (Å²) < 4.78 is 0. The van der Waals surface area contributed by atoms with Crippen molar-refractivity contribution >= 4 is 6.47 Å². The first kappa shape index (κ1) is 92.0. The summed E-state index contributed by atoms with van der Waals surface area (Å²) in [7, 11) is 1.00. The molecule has 0 spiro atoms. The van der Waals surface area contributed by atoms with E-state index in [1.54, 1.807) is 0 Å². The minimum absolute atomic E-state index is 0. The zero-order chi connectivity index (χ0) is 12.8. The van der Waals surface area contributed by atoms with E-state index in [1.807, 2.05) is 0 Å². The Morgan fingerprint density at radius 3 is 0.900 bits per heavy atom. The summed E-state index contributed by atoms with van der Waals surface area (Å²) in [6.45, 7) is -3.00. The normalized spacial score (nSPS) is 3.60. The molecule has 0 heterocycles. The first-order valence-electron chi connectivity index (χ1n) is 2.79. The van der Waals surface area contributed by atoms with E-state index < -0.39 is 26.9 Å². The first-order chi connectivity index (χ1) is 6.66. The quantitative estimate of drug-likeness (QED) is 0.133. The maximum atomic E-state index is 8.49. The van der Waals surface area contributed by atoms with Gasteiger partial charge in [0.1, 0.15) is 13.6 Å². The molecule has 0 aliphatic rings. The first-order valence-corrected chi connectivity index (χ1v) is 2.79. The molecule has 0 aliphatic carbocycles. The third-order valence-corrected chi connectivity index (χ3v) is 0. The van der Waals surface area contributed by atoms with Crippen LogP contribution in [0.1, 0.15) is 7.43 Å². The Morgan fingerprint density at radius 2 is 0.900 bits per heavy atom. The predicted octanol–water partition coefficient (Wildman–Crippen LogP) is -7.89. The van der Waals surface area contributed by atoms with Crippen molar-refractivity contribution in [1.82, 2.24) is 0 Å². The number of aliphatic hydroxyl groups excluding tert-OH is 4. The smallest absolute Gasteiger partial charge is 0.870 e. The number of carboxylic acid groups (broad SMARTS) is 1. The van der Waals surface area contributed by atoms with Crippen LogP contribution in [0, 0.1) is 0 Å². The molecule has 0 rings (SSSR count). The van der Waals surface area contributed by atoms with Gasteiger partial charge in [0.15, 0.2) is 0 Å². The van der Waals surface area contributed by atoms with Crippen LogP contribution in [0.5, 0.6) is 0 Å². The van der Waals surface area contributed by atoms with Crippen LogP contribution in [-0.4, -0.2) is 86.5 Å². The topological polar surface area (TPSA) is 309 Å². The fourth-order valence-electron chi connectivity index (χ4n) is 0. The molecule has 0 amide bonds. The van der Waals surface area contributed by atoms with Crippen LogP contribution in [0.3, 0.4) is 0 Å². The van der Waals surface area contributed by atoms with Gasteiger partial charge < -0.3 is 67.6 Å². The molecule has 0 unspecified atom stereocenters. The number of carbonyl (C=O) groups excluding carboxylic acids is 1. The largest absolute Gasteiger partial charge is 2.00 e. The van der Waals surface area contributed by atoms with Crippen LogP contribution >= 0.6 is 0 Å². The number of hydrogen-bond donors (Lipinski definition) is 6. The Hall–Kier alpha value is -0.451. The van der Waals surface area contributed by atoms with Gasteiger partial charge in [0, 0.05) is 13.6 Å². The molecule has 141 valence electrons. The minimum atomic E-state index is -1.00. The van der Waals surface area contributed by atoms with Gasteiger partial charge in [0.25, 0.3) is 0 Å². The molecule has 0 fully saturated rings. The van der Waals surface area contributed by atoms with Crippen molar-refractivity contribution < 1.29 is 84.6 Å². The van der Waals surface area contributed by atoms with E-state index in [4.69, 9.17) is 45.6 Å². The molecule has 1 radical (unpaired) electrons. The summed E-state index contributed by atoms with van der Waals surface area (Å²) >= 11 is 0. The van der Waals surface area contributed by atoms with Crippen molar-refractivity contribution in [2.24, 2.45) is 0 Å². The Labute approximate surface area is 127 Å². The zero-order valence-corrected chi connectivity index (χ0v) is 10.8. The van der Waals surface area contributed by atoms with E-state index in [1.165, 1.54) is 0 Å². The van der Waals surface area contributed by atoms with Gasteiger partial charge in [-0.1, -0.05) is 7.43 Å². The van der Waals surface area contributed by atoms with Gasteiger partial charge in [-0.3, -0.25) is 0 Å². The molecule has 14 heteroatoms. The zero-order valence-electron chi connectivity index (χ0n) is 9.86. The molecule has 20 heavy (non-hydrogen) atoms. The van der Waals surface area contributed by atoms with Crippen molar-refractivity contribution in [1.29, 1.82) is 0 Å². The van der Waals surface area contributed by atoms with Crippen LogP contribution in [0.2, 0.25) is 0 Å². The van der Waals surface area contributed by atoms with Gasteiger partial charge in [-0.2, -0.15) is 0 Å².